The van der Waals surface area contributed by atoms with Gasteiger partial charge in [-0.1, -0.05) is 88.1 Å². The first-order valence-electron chi connectivity index (χ1n) is 6.93. The van der Waals surface area contributed by atoms with Crippen LogP contribution in [0.3, 0.4) is 0 Å². The number of hydrogen-bond acceptors (Lipinski definition) is 4. The van der Waals surface area contributed by atoms with Crippen LogP contribution >= 0.6 is 89.4 Å². The largest absolute Gasteiger partial charge is 0.767 e. The molecule has 2 aliphatic heterocycles. The van der Waals surface area contributed by atoms with E-state index in [-0.39, 0.29) is 58.2 Å². The van der Waals surface area contributed by atoms with E-state index in [9.17, 15) is 0 Å². The van der Waals surface area contributed by atoms with Crippen molar-refractivity contribution in [1.29, 1.82) is 0 Å². The van der Waals surface area contributed by atoms with Gasteiger partial charge in [-0.2, -0.15) is 0 Å². The van der Waals surface area contributed by atoms with E-state index in [1.807, 2.05) is 6.92 Å². The molecule has 0 unspecified atom stereocenters. The standard InChI is InChI=1S/C14H5Cl7O4P/c1-2-3-4(15)8(19)12-11(5(3)16)22-26(23-12)24-13-9(20)6(17)7(18)10(21)14(13)25-26/h2H2,1H3/q+1. The zero-order valence-corrected chi connectivity index (χ0v) is 18.6. The van der Waals surface area contributed by atoms with E-state index < -0.39 is 8.17 Å². The minimum atomic E-state index is -3.47. The second-order valence-electron chi connectivity index (χ2n) is 5.16. The Labute approximate surface area is 183 Å². The first kappa shape index (κ1) is 19.4. The number of benzene rings is 2. The predicted molar refractivity (Wildman–Crippen MR) is 107 cm³/mol. The maximum atomic E-state index is 6.38. The lowest BCUT2D eigenvalue weighted by molar-refractivity contribution is 0.333. The molecule has 26 heavy (non-hydrogen) atoms. The molecule has 2 aliphatic rings. The van der Waals surface area contributed by atoms with Crippen molar-refractivity contribution >= 4 is 89.4 Å². The molecule has 0 atom stereocenters. The minimum Gasteiger partial charge on any atom is -0.235 e. The summed E-state index contributed by atoms with van der Waals surface area (Å²) in [6, 6.07) is 0. The van der Waals surface area contributed by atoms with Gasteiger partial charge in [0.1, 0.15) is 15.1 Å². The number of rotatable bonds is 1. The van der Waals surface area contributed by atoms with Gasteiger partial charge in [0.05, 0.1) is 20.1 Å². The van der Waals surface area contributed by atoms with Crippen LogP contribution in [0.2, 0.25) is 35.2 Å². The molecule has 0 fully saturated rings. The Bertz CT molecular complexity index is 944. The van der Waals surface area contributed by atoms with Crippen LogP contribution in [0.15, 0.2) is 0 Å². The Balaban J connectivity index is 1.82. The summed E-state index contributed by atoms with van der Waals surface area (Å²) in [4.78, 5) is 0. The lowest BCUT2D eigenvalue weighted by atomic mass is 10.1. The van der Waals surface area contributed by atoms with Gasteiger partial charge in [0.15, 0.2) is 0 Å². The van der Waals surface area contributed by atoms with Gasteiger partial charge in [0.2, 0.25) is 0 Å². The van der Waals surface area contributed by atoms with Crippen LogP contribution in [0, 0.1) is 0 Å². The van der Waals surface area contributed by atoms with Gasteiger partial charge in [0, 0.05) is 0 Å². The molecular formula is C14H5Cl7O4P+. The molecule has 0 aromatic heterocycles. The van der Waals surface area contributed by atoms with Crippen molar-refractivity contribution in [2.24, 2.45) is 0 Å². The smallest absolute Gasteiger partial charge is 0.235 e. The summed E-state index contributed by atoms with van der Waals surface area (Å²) in [5.41, 5.74) is 0.611. The summed E-state index contributed by atoms with van der Waals surface area (Å²) in [6.45, 7) is 1.87. The third-order valence-corrected chi connectivity index (χ3v) is 8.34. The summed E-state index contributed by atoms with van der Waals surface area (Å²) < 4.78 is 23.0. The zero-order chi connectivity index (χ0) is 19.0. The van der Waals surface area contributed by atoms with Crippen molar-refractivity contribution in [2.75, 3.05) is 0 Å². The summed E-state index contributed by atoms with van der Waals surface area (Å²) in [5, 5.41) is 0.720. The summed E-state index contributed by atoms with van der Waals surface area (Å²) in [7, 11) is -3.47. The first-order valence-corrected chi connectivity index (χ1v) is 11.0. The highest BCUT2D eigenvalue weighted by Crippen LogP contribution is 2.77. The third-order valence-electron chi connectivity index (χ3n) is 3.68. The highest BCUT2D eigenvalue weighted by Gasteiger charge is 2.69. The predicted octanol–water partition coefficient (Wildman–Crippen LogP) is 8.74. The van der Waals surface area contributed by atoms with Gasteiger partial charge in [0.25, 0.3) is 23.0 Å². The van der Waals surface area contributed by atoms with Gasteiger partial charge in [-0.3, -0.25) is 0 Å². The van der Waals surface area contributed by atoms with Gasteiger partial charge in [-0.15, -0.1) is 0 Å². The maximum Gasteiger partial charge on any atom is 0.767 e. The SMILES string of the molecule is CCc1c(Cl)c(Cl)c2c(c1Cl)O[P+]1(Oc3c(Cl)c(Cl)c(Cl)c(Cl)c3O1)O2. The van der Waals surface area contributed by atoms with E-state index in [0.29, 0.717) is 12.0 Å². The molecular weight excluding hydrogens is 511 g/mol. The maximum absolute atomic E-state index is 6.38. The lowest BCUT2D eigenvalue weighted by Gasteiger charge is -2.06. The lowest BCUT2D eigenvalue weighted by Crippen LogP contribution is -2.10. The van der Waals surface area contributed by atoms with Crippen molar-refractivity contribution in [2.45, 2.75) is 13.3 Å². The Kier molecular flexibility index (Phi) is 4.91. The average molecular weight is 516 g/mol. The van der Waals surface area contributed by atoms with Crippen molar-refractivity contribution in [1.82, 2.24) is 0 Å². The van der Waals surface area contributed by atoms with E-state index in [1.54, 1.807) is 0 Å². The second kappa shape index (κ2) is 6.57. The van der Waals surface area contributed by atoms with Crippen LogP contribution in [0.1, 0.15) is 12.5 Å². The average Bonchev–Trinajstić information content (AvgIpc) is 3.18. The van der Waals surface area contributed by atoms with Crippen molar-refractivity contribution in [3.05, 3.63) is 40.7 Å². The van der Waals surface area contributed by atoms with E-state index in [0.717, 1.165) is 0 Å². The van der Waals surface area contributed by atoms with Crippen LogP contribution in [-0.4, -0.2) is 0 Å². The molecule has 0 amide bonds. The third kappa shape index (κ3) is 2.62. The fourth-order valence-electron chi connectivity index (χ4n) is 2.45. The molecule has 4 rings (SSSR count). The topological polar surface area (TPSA) is 36.9 Å². The van der Waals surface area contributed by atoms with Crippen LogP contribution < -0.4 is 18.1 Å². The Hall–Kier alpha value is 0.1000. The van der Waals surface area contributed by atoms with Crippen LogP contribution in [0.5, 0.6) is 23.0 Å². The molecule has 12 heteroatoms. The quantitative estimate of drug-likeness (QED) is 0.216. The van der Waals surface area contributed by atoms with E-state index in [4.69, 9.17) is 99.3 Å². The first-order chi connectivity index (χ1) is 12.2. The highest BCUT2D eigenvalue weighted by molar-refractivity contribution is 7.58. The number of halogens is 7. The van der Waals surface area contributed by atoms with Gasteiger partial charge in [-0.25, -0.2) is 18.1 Å². The monoisotopic (exact) mass is 513 g/mol. The molecule has 2 heterocycles. The van der Waals surface area contributed by atoms with Gasteiger partial charge in [-0.05, 0) is 12.0 Å². The second-order valence-corrected chi connectivity index (χ2v) is 9.43. The molecule has 2 aromatic carbocycles. The molecule has 0 saturated carbocycles. The molecule has 0 saturated heterocycles. The van der Waals surface area contributed by atoms with Gasteiger partial charge < -0.3 is 0 Å². The summed E-state index contributed by atoms with van der Waals surface area (Å²) >= 11 is 43.4. The fraction of sp³-hybridized carbons (Fsp3) is 0.143. The normalized spacial score (nSPS) is 15.8. The number of hydrogen-bond donors (Lipinski definition) is 0. The van der Waals surface area contributed by atoms with E-state index in [2.05, 4.69) is 0 Å². The minimum absolute atomic E-state index is 0.0144. The molecule has 0 N–H and O–H groups in total. The van der Waals surface area contributed by atoms with E-state index >= 15 is 0 Å². The summed E-state index contributed by atoms with van der Waals surface area (Å²) in [5.74, 6) is 0.399. The molecule has 4 nitrogen and oxygen atoms in total. The number of fused-ring (bicyclic) bond motifs is 2. The molecule has 0 aliphatic carbocycles. The Morgan fingerprint density at radius 2 is 0.885 bits per heavy atom. The molecule has 0 radical (unpaired) electrons. The Morgan fingerprint density at radius 1 is 0.538 bits per heavy atom. The van der Waals surface area contributed by atoms with Crippen molar-refractivity contribution in [3.63, 3.8) is 0 Å². The fourth-order valence-corrected chi connectivity index (χ4v) is 6.33. The molecule has 2 aromatic rings. The summed E-state index contributed by atoms with van der Waals surface area (Å²) in [6.07, 6.45) is 0.532. The molecule has 138 valence electrons. The van der Waals surface area contributed by atoms with Gasteiger partial charge >= 0.3 is 8.17 Å². The van der Waals surface area contributed by atoms with Crippen molar-refractivity contribution in [3.8, 4) is 23.0 Å². The highest BCUT2D eigenvalue weighted by atomic mass is 35.5. The van der Waals surface area contributed by atoms with E-state index in [1.165, 1.54) is 0 Å². The Morgan fingerprint density at radius 3 is 1.27 bits per heavy atom. The van der Waals surface area contributed by atoms with Crippen LogP contribution in [0.25, 0.3) is 0 Å². The molecule has 1 spiro atoms. The van der Waals surface area contributed by atoms with Crippen molar-refractivity contribution < 1.29 is 18.1 Å². The molecule has 0 bridgehead atoms. The zero-order valence-electron chi connectivity index (χ0n) is 12.4. The van der Waals surface area contributed by atoms with Crippen LogP contribution in [0.4, 0.5) is 0 Å². The van der Waals surface area contributed by atoms with Crippen LogP contribution in [-0.2, 0) is 6.42 Å².